The maximum absolute atomic E-state index is 11.1. The van der Waals surface area contributed by atoms with E-state index in [1.165, 1.54) is 0 Å². The summed E-state index contributed by atoms with van der Waals surface area (Å²) in [5.74, 6) is -0.844. The highest BCUT2D eigenvalue weighted by molar-refractivity contribution is 6.30. The highest BCUT2D eigenvalue weighted by Crippen LogP contribution is 2.46. The average Bonchev–Trinajstić information content (AvgIpc) is 3.12. The van der Waals surface area contributed by atoms with Gasteiger partial charge in [0.05, 0.1) is 13.2 Å². The lowest BCUT2D eigenvalue weighted by Crippen LogP contribution is -2.34. The van der Waals surface area contributed by atoms with E-state index >= 15 is 0 Å². The van der Waals surface area contributed by atoms with Gasteiger partial charge in [-0.2, -0.15) is 0 Å². The van der Waals surface area contributed by atoms with Crippen molar-refractivity contribution in [2.75, 3.05) is 20.1 Å². The van der Waals surface area contributed by atoms with Gasteiger partial charge in [-0.3, -0.25) is 9.69 Å². The summed E-state index contributed by atoms with van der Waals surface area (Å²) in [6.07, 6.45) is 0.631. The SMILES string of the molecule is CN(CCC1(c2ccc(Cl)cc2)OCc2cc(-c3ccc(Cl)cc3)ccc21)CC(=O)O. The number of ether oxygens (including phenoxy) is 1. The summed E-state index contributed by atoms with van der Waals surface area (Å²) in [7, 11) is 1.81. The predicted octanol–water partition coefficient (Wildman–Crippen LogP) is 5.84. The Hall–Kier alpha value is -2.37. The first-order valence-electron chi connectivity index (χ1n) is 10.1. The molecule has 3 aromatic carbocycles. The van der Waals surface area contributed by atoms with Crippen molar-refractivity contribution in [2.45, 2.75) is 18.6 Å². The molecule has 1 heterocycles. The highest BCUT2D eigenvalue weighted by Gasteiger charge is 2.41. The fourth-order valence-electron chi connectivity index (χ4n) is 4.18. The van der Waals surface area contributed by atoms with E-state index in [1.807, 2.05) is 55.6 Å². The zero-order valence-corrected chi connectivity index (χ0v) is 18.7. The molecule has 0 fully saturated rings. The quantitative estimate of drug-likeness (QED) is 0.485. The van der Waals surface area contributed by atoms with E-state index < -0.39 is 11.6 Å². The largest absolute Gasteiger partial charge is 0.480 e. The first-order valence-corrected chi connectivity index (χ1v) is 10.8. The molecular formula is C25H23Cl2NO3. The molecule has 0 spiro atoms. The third-order valence-electron chi connectivity index (χ3n) is 5.75. The van der Waals surface area contributed by atoms with E-state index in [-0.39, 0.29) is 6.54 Å². The lowest BCUT2D eigenvalue weighted by Gasteiger charge is -2.32. The molecule has 31 heavy (non-hydrogen) atoms. The number of rotatable bonds is 7. The van der Waals surface area contributed by atoms with Crippen LogP contribution in [-0.4, -0.2) is 36.1 Å². The summed E-state index contributed by atoms with van der Waals surface area (Å²) in [5.41, 5.74) is 4.80. The fourth-order valence-corrected chi connectivity index (χ4v) is 4.43. The number of fused-ring (bicyclic) bond motifs is 1. The molecule has 0 aromatic heterocycles. The van der Waals surface area contributed by atoms with Crippen molar-refractivity contribution in [3.63, 3.8) is 0 Å². The van der Waals surface area contributed by atoms with Crippen LogP contribution < -0.4 is 0 Å². The van der Waals surface area contributed by atoms with Crippen LogP contribution in [0.15, 0.2) is 66.7 Å². The molecule has 0 aliphatic carbocycles. The van der Waals surface area contributed by atoms with Gasteiger partial charge in [-0.25, -0.2) is 0 Å². The van der Waals surface area contributed by atoms with Crippen LogP contribution in [0.2, 0.25) is 10.0 Å². The number of halogens is 2. The Bertz CT molecular complexity index is 1080. The van der Waals surface area contributed by atoms with Gasteiger partial charge in [-0.1, -0.05) is 59.6 Å². The maximum Gasteiger partial charge on any atom is 0.317 e. The highest BCUT2D eigenvalue weighted by atomic mass is 35.5. The van der Waals surface area contributed by atoms with E-state index in [2.05, 4.69) is 18.2 Å². The number of aliphatic carboxylic acids is 1. The third-order valence-corrected chi connectivity index (χ3v) is 6.26. The van der Waals surface area contributed by atoms with Crippen LogP contribution in [0.5, 0.6) is 0 Å². The van der Waals surface area contributed by atoms with Crippen LogP contribution in [0.25, 0.3) is 11.1 Å². The summed E-state index contributed by atoms with van der Waals surface area (Å²) in [6, 6.07) is 21.9. The minimum atomic E-state index is -0.844. The van der Waals surface area contributed by atoms with Crippen molar-refractivity contribution in [1.29, 1.82) is 0 Å². The Morgan fingerprint density at radius 2 is 1.61 bits per heavy atom. The van der Waals surface area contributed by atoms with Crippen molar-refractivity contribution < 1.29 is 14.6 Å². The van der Waals surface area contributed by atoms with Crippen LogP contribution in [-0.2, 0) is 21.7 Å². The first-order chi connectivity index (χ1) is 14.9. The number of benzene rings is 3. The van der Waals surface area contributed by atoms with Gasteiger partial charge in [0.15, 0.2) is 0 Å². The van der Waals surface area contributed by atoms with E-state index in [4.69, 9.17) is 33.0 Å². The number of carboxylic acids is 1. The summed E-state index contributed by atoms with van der Waals surface area (Å²) in [6.45, 7) is 1.05. The molecule has 1 N–H and O–H groups in total. The molecule has 1 unspecified atom stereocenters. The minimum Gasteiger partial charge on any atom is -0.480 e. The molecule has 0 saturated carbocycles. The second-order valence-electron chi connectivity index (χ2n) is 7.88. The molecule has 1 aliphatic heterocycles. The van der Waals surface area contributed by atoms with Gasteiger partial charge in [0.1, 0.15) is 5.60 Å². The van der Waals surface area contributed by atoms with Gasteiger partial charge < -0.3 is 9.84 Å². The van der Waals surface area contributed by atoms with Crippen LogP contribution in [0, 0.1) is 0 Å². The lowest BCUT2D eigenvalue weighted by molar-refractivity contribution is -0.138. The van der Waals surface area contributed by atoms with Crippen molar-refractivity contribution in [1.82, 2.24) is 4.90 Å². The molecule has 160 valence electrons. The topological polar surface area (TPSA) is 49.8 Å². The van der Waals surface area contributed by atoms with Crippen LogP contribution in [0.3, 0.4) is 0 Å². The van der Waals surface area contributed by atoms with E-state index in [0.717, 1.165) is 27.8 Å². The van der Waals surface area contributed by atoms with Gasteiger partial charge in [-0.15, -0.1) is 0 Å². The Kier molecular flexibility index (Phi) is 6.35. The minimum absolute atomic E-state index is 0.0148. The second-order valence-corrected chi connectivity index (χ2v) is 8.76. The van der Waals surface area contributed by atoms with Crippen LogP contribution in [0.4, 0.5) is 0 Å². The van der Waals surface area contributed by atoms with Crippen molar-refractivity contribution in [2.24, 2.45) is 0 Å². The Labute approximate surface area is 192 Å². The molecule has 4 rings (SSSR count). The molecule has 0 amide bonds. The van der Waals surface area contributed by atoms with Crippen LogP contribution in [0.1, 0.15) is 23.1 Å². The lowest BCUT2D eigenvalue weighted by atomic mass is 9.82. The average molecular weight is 456 g/mol. The Balaban J connectivity index is 1.71. The summed E-state index contributed by atoms with van der Waals surface area (Å²) in [4.78, 5) is 12.9. The predicted molar refractivity (Wildman–Crippen MR) is 124 cm³/mol. The Morgan fingerprint density at radius 1 is 1.00 bits per heavy atom. The van der Waals surface area contributed by atoms with Gasteiger partial charge in [0, 0.05) is 16.6 Å². The molecule has 0 saturated heterocycles. The standard InChI is InChI=1S/C25H23Cl2NO3/c1-28(15-24(29)30)13-12-25(20-5-9-22(27)10-6-20)23-11-4-18(14-19(23)16-31-25)17-2-7-21(26)8-3-17/h2-11,14H,12-13,15-16H2,1H3,(H,29,30). The zero-order chi connectivity index (χ0) is 22.0. The molecule has 4 nitrogen and oxygen atoms in total. The second kappa shape index (κ2) is 9.01. The van der Waals surface area contributed by atoms with Gasteiger partial charge in [0.25, 0.3) is 0 Å². The molecule has 0 radical (unpaired) electrons. The van der Waals surface area contributed by atoms with Crippen LogP contribution >= 0.6 is 23.2 Å². The van der Waals surface area contributed by atoms with Crippen molar-refractivity contribution in [3.05, 3.63) is 93.5 Å². The molecule has 0 bridgehead atoms. The van der Waals surface area contributed by atoms with Gasteiger partial charge in [0.2, 0.25) is 0 Å². The summed E-state index contributed by atoms with van der Waals surface area (Å²) >= 11 is 12.2. The van der Waals surface area contributed by atoms with Crippen molar-refractivity contribution >= 4 is 29.2 Å². The van der Waals surface area contributed by atoms with E-state index in [1.54, 1.807) is 4.90 Å². The molecule has 1 atom stereocenters. The van der Waals surface area contributed by atoms with E-state index in [0.29, 0.717) is 29.6 Å². The monoisotopic (exact) mass is 455 g/mol. The smallest absolute Gasteiger partial charge is 0.317 e. The molecule has 3 aromatic rings. The zero-order valence-electron chi connectivity index (χ0n) is 17.1. The summed E-state index contributed by atoms with van der Waals surface area (Å²) in [5, 5.41) is 10.5. The molecular weight excluding hydrogens is 433 g/mol. The molecule has 6 heteroatoms. The van der Waals surface area contributed by atoms with Gasteiger partial charge >= 0.3 is 5.97 Å². The number of carboxylic acid groups (broad SMARTS) is 1. The van der Waals surface area contributed by atoms with Crippen molar-refractivity contribution in [3.8, 4) is 11.1 Å². The fraction of sp³-hybridized carbons (Fsp3) is 0.240. The van der Waals surface area contributed by atoms with Gasteiger partial charge in [-0.05, 0) is 71.6 Å². The number of likely N-dealkylation sites (N-methyl/N-ethyl adjacent to an activating group) is 1. The first kappa shape index (κ1) is 21.8. The number of nitrogens with zero attached hydrogens (tertiary/aromatic N) is 1. The number of carbonyl (C=O) groups is 1. The number of hydrogen-bond donors (Lipinski definition) is 1. The molecule has 1 aliphatic rings. The normalized spacial score (nSPS) is 17.7. The summed E-state index contributed by atoms with van der Waals surface area (Å²) < 4.78 is 6.46. The van der Waals surface area contributed by atoms with E-state index in [9.17, 15) is 4.79 Å². The Morgan fingerprint density at radius 3 is 2.26 bits per heavy atom. The number of hydrogen-bond acceptors (Lipinski definition) is 3. The third kappa shape index (κ3) is 4.63. The maximum atomic E-state index is 11.1.